The molecule has 0 bridgehead atoms. The third kappa shape index (κ3) is 3.65. The largest absolute Gasteiger partial charge is 0.495 e. The summed E-state index contributed by atoms with van der Waals surface area (Å²) in [6.45, 7) is 1.49. The summed E-state index contributed by atoms with van der Waals surface area (Å²) < 4.78 is 5.27. The minimum atomic E-state index is -1.52. The highest BCUT2D eigenvalue weighted by Crippen LogP contribution is 2.34. The molecule has 1 heterocycles. The van der Waals surface area contributed by atoms with E-state index in [4.69, 9.17) is 10.5 Å². The topological polar surface area (TPSA) is 103 Å². The van der Waals surface area contributed by atoms with Crippen molar-refractivity contribution < 1.29 is 19.1 Å². The first-order chi connectivity index (χ1) is 11.9. The summed E-state index contributed by atoms with van der Waals surface area (Å²) >= 11 is 0. The van der Waals surface area contributed by atoms with Crippen LogP contribution in [-0.2, 0) is 20.8 Å². The van der Waals surface area contributed by atoms with Crippen molar-refractivity contribution >= 4 is 23.8 Å². The molecule has 2 aromatic rings. The van der Waals surface area contributed by atoms with Crippen molar-refractivity contribution in [1.82, 2.24) is 4.98 Å². The van der Waals surface area contributed by atoms with Crippen LogP contribution in [0.25, 0.3) is 0 Å². The second-order valence-corrected chi connectivity index (χ2v) is 5.65. The number of nitrogens with zero attached hydrogens (tertiary/aromatic N) is 2. The van der Waals surface area contributed by atoms with Gasteiger partial charge in [0.1, 0.15) is 11.3 Å². The van der Waals surface area contributed by atoms with Crippen molar-refractivity contribution in [1.29, 1.82) is 0 Å². The number of methoxy groups -OCH3 is 1. The first-order valence-corrected chi connectivity index (χ1v) is 7.55. The lowest BCUT2D eigenvalue weighted by Crippen LogP contribution is -2.57. The SMILES string of the molecule is COc1ccccc1N(C=O)C(C)(Cc1cccnc1)C(=O)C(N)=O. The summed E-state index contributed by atoms with van der Waals surface area (Å²) in [5, 5.41) is 0. The highest BCUT2D eigenvalue weighted by molar-refractivity contribution is 6.40. The number of primary amides is 1. The number of carbonyl (C=O) groups is 3. The van der Waals surface area contributed by atoms with Crippen molar-refractivity contribution in [2.24, 2.45) is 5.73 Å². The number of anilines is 1. The lowest BCUT2D eigenvalue weighted by molar-refractivity contribution is -0.139. The Hall–Kier alpha value is -3.22. The number of pyridine rings is 1. The molecule has 0 saturated heterocycles. The number of nitrogens with two attached hydrogens (primary N) is 1. The third-order valence-electron chi connectivity index (χ3n) is 3.97. The number of amides is 2. The minimum absolute atomic E-state index is 0.0689. The molecule has 1 aromatic heterocycles. The Kier molecular flexibility index (Phi) is 5.49. The smallest absolute Gasteiger partial charge is 0.287 e. The van der Waals surface area contributed by atoms with Gasteiger partial charge in [-0.25, -0.2) is 0 Å². The Morgan fingerprint density at radius 2 is 2.00 bits per heavy atom. The van der Waals surface area contributed by atoms with E-state index in [2.05, 4.69) is 4.98 Å². The van der Waals surface area contributed by atoms with Gasteiger partial charge < -0.3 is 10.5 Å². The van der Waals surface area contributed by atoms with Crippen LogP contribution in [0.1, 0.15) is 12.5 Å². The van der Waals surface area contributed by atoms with Gasteiger partial charge in [0.25, 0.3) is 5.91 Å². The van der Waals surface area contributed by atoms with Crippen LogP contribution < -0.4 is 15.4 Å². The van der Waals surface area contributed by atoms with E-state index in [1.54, 1.807) is 48.8 Å². The Balaban J connectivity index is 2.58. The zero-order chi connectivity index (χ0) is 18.4. The first kappa shape index (κ1) is 18.1. The van der Waals surface area contributed by atoms with Crippen molar-refractivity contribution in [3.63, 3.8) is 0 Å². The van der Waals surface area contributed by atoms with E-state index >= 15 is 0 Å². The summed E-state index contributed by atoms with van der Waals surface area (Å²) in [5.74, 6) is -1.60. The number of aromatic nitrogens is 1. The second kappa shape index (κ2) is 7.57. The van der Waals surface area contributed by atoms with Crippen molar-refractivity contribution in [3.8, 4) is 5.75 Å². The van der Waals surface area contributed by atoms with Crippen LogP contribution in [0.15, 0.2) is 48.8 Å². The van der Waals surface area contributed by atoms with E-state index in [9.17, 15) is 14.4 Å². The molecule has 7 heteroatoms. The fourth-order valence-corrected chi connectivity index (χ4v) is 2.71. The number of hydrogen-bond acceptors (Lipinski definition) is 5. The predicted octanol–water partition coefficient (Wildman–Crippen LogP) is 1.11. The van der Waals surface area contributed by atoms with Gasteiger partial charge in [0.2, 0.25) is 12.2 Å². The van der Waals surface area contributed by atoms with Crippen LogP contribution in [0.4, 0.5) is 5.69 Å². The number of rotatable bonds is 8. The lowest BCUT2D eigenvalue weighted by Gasteiger charge is -2.37. The van der Waals surface area contributed by atoms with E-state index in [0.29, 0.717) is 23.4 Å². The molecule has 2 amide bonds. The van der Waals surface area contributed by atoms with E-state index in [-0.39, 0.29) is 6.42 Å². The number of para-hydroxylation sites is 2. The maximum atomic E-state index is 12.6. The van der Waals surface area contributed by atoms with Gasteiger partial charge in [0.15, 0.2) is 0 Å². The van der Waals surface area contributed by atoms with Crippen LogP contribution in [0.3, 0.4) is 0 Å². The molecule has 1 aromatic carbocycles. The number of ketones is 1. The van der Waals surface area contributed by atoms with Crippen LogP contribution in [0.5, 0.6) is 5.75 Å². The van der Waals surface area contributed by atoms with Gasteiger partial charge in [-0.05, 0) is 30.7 Å². The molecule has 1 unspecified atom stereocenters. The molecule has 1 atom stereocenters. The molecule has 0 aliphatic carbocycles. The van der Waals surface area contributed by atoms with Crippen LogP contribution in [0.2, 0.25) is 0 Å². The zero-order valence-electron chi connectivity index (χ0n) is 14.0. The number of benzene rings is 1. The molecule has 2 rings (SSSR count). The Labute approximate surface area is 145 Å². The molecular formula is C18H19N3O4. The highest BCUT2D eigenvalue weighted by Gasteiger charge is 2.43. The second-order valence-electron chi connectivity index (χ2n) is 5.65. The number of carbonyl (C=O) groups excluding carboxylic acids is 3. The third-order valence-corrected chi connectivity index (χ3v) is 3.97. The fourth-order valence-electron chi connectivity index (χ4n) is 2.71. The maximum absolute atomic E-state index is 12.6. The Bertz CT molecular complexity index is 779. The predicted molar refractivity (Wildman–Crippen MR) is 92.1 cm³/mol. The van der Waals surface area contributed by atoms with Gasteiger partial charge in [0.05, 0.1) is 12.8 Å². The average molecular weight is 341 g/mol. The molecule has 25 heavy (non-hydrogen) atoms. The highest BCUT2D eigenvalue weighted by atomic mass is 16.5. The van der Waals surface area contributed by atoms with Gasteiger partial charge in [-0.1, -0.05) is 18.2 Å². The van der Waals surface area contributed by atoms with E-state index in [1.807, 2.05) is 0 Å². The summed E-state index contributed by atoms with van der Waals surface area (Å²) in [5.41, 5.74) is 4.76. The van der Waals surface area contributed by atoms with Gasteiger partial charge >= 0.3 is 0 Å². The Morgan fingerprint density at radius 3 is 2.56 bits per heavy atom. The number of hydrogen-bond donors (Lipinski definition) is 1. The van der Waals surface area contributed by atoms with E-state index in [0.717, 1.165) is 0 Å². The zero-order valence-corrected chi connectivity index (χ0v) is 14.0. The monoisotopic (exact) mass is 341 g/mol. The van der Waals surface area contributed by atoms with Crippen LogP contribution in [-0.4, -0.2) is 35.7 Å². The lowest BCUT2D eigenvalue weighted by atomic mass is 9.86. The molecule has 7 nitrogen and oxygen atoms in total. The normalized spacial score (nSPS) is 12.7. The average Bonchev–Trinajstić information content (AvgIpc) is 2.62. The molecule has 130 valence electrons. The van der Waals surface area contributed by atoms with Gasteiger partial charge in [-0.2, -0.15) is 0 Å². The summed E-state index contributed by atoms with van der Waals surface area (Å²) in [6.07, 6.45) is 3.72. The van der Waals surface area contributed by atoms with Crippen molar-refractivity contribution in [2.75, 3.05) is 12.0 Å². The standard InChI is InChI=1S/C18H19N3O4/c1-18(16(23)17(19)24,10-13-6-5-9-20-11-13)21(12-22)14-7-3-4-8-15(14)25-2/h3-9,11-12H,10H2,1-2H3,(H2,19,24). The summed E-state index contributed by atoms with van der Waals surface area (Å²) in [7, 11) is 1.45. The van der Waals surface area contributed by atoms with Crippen molar-refractivity contribution in [2.45, 2.75) is 18.9 Å². The number of Topliss-reactive ketones (excluding diaryl/α,β-unsaturated/α-hetero) is 1. The summed E-state index contributed by atoms with van der Waals surface area (Å²) in [6, 6.07) is 10.2. The molecule has 0 spiro atoms. The number of ether oxygens (including phenoxy) is 1. The molecule has 2 N–H and O–H groups in total. The van der Waals surface area contributed by atoms with E-state index < -0.39 is 17.2 Å². The van der Waals surface area contributed by atoms with Crippen LogP contribution in [0, 0.1) is 0 Å². The molecule has 0 saturated carbocycles. The first-order valence-electron chi connectivity index (χ1n) is 7.55. The van der Waals surface area contributed by atoms with Gasteiger partial charge in [-0.15, -0.1) is 0 Å². The van der Waals surface area contributed by atoms with Crippen molar-refractivity contribution in [3.05, 3.63) is 54.4 Å². The molecule has 0 fully saturated rings. The maximum Gasteiger partial charge on any atom is 0.287 e. The quantitative estimate of drug-likeness (QED) is 0.572. The molecular weight excluding hydrogens is 322 g/mol. The summed E-state index contributed by atoms with van der Waals surface area (Å²) in [4.78, 5) is 41.3. The fraction of sp³-hybridized carbons (Fsp3) is 0.222. The molecule has 0 aliphatic rings. The molecule has 0 radical (unpaired) electrons. The minimum Gasteiger partial charge on any atom is -0.495 e. The van der Waals surface area contributed by atoms with E-state index in [1.165, 1.54) is 18.9 Å². The van der Waals surface area contributed by atoms with Gasteiger partial charge in [-0.3, -0.25) is 24.3 Å². The van der Waals surface area contributed by atoms with Crippen LogP contribution >= 0.6 is 0 Å². The van der Waals surface area contributed by atoms with Gasteiger partial charge in [0, 0.05) is 18.8 Å². The Morgan fingerprint density at radius 1 is 1.28 bits per heavy atom. The molecule has 0 aliphatic heterocycles.